The molecular formula is C49H35N. The zero-order valence-electron chi connectivity index (χ0n) is 28.2. The summed E-state index contributed by atoms with van der Waals surface area (Å²) in [6.07, 6.45) is 0. The standard InChI is InChI=1S/C49H35N/c1-49(2)44-22-10-9-20-42(44)48-45(49)23-12-24-46(48)50(35-28-25-34(26-29-35)37-21-11-15-32-13-3-5-16-36(32)37)47-31-43-38-17-6-4-14-33(38)27-30-40(43)39-18-7-8-19-41(39)47/h3-31H,1-2H3. The fraction of sp³-hybridized carbons (Fsp3) is 0.0612. The molecule has 236 valence electrons. The Kier molecular flexibility index (Phi) is 6.29. The van der Waals surface area contributed by atoms with Crippen LogP contribution >= 0.6 is 0 Å². The topological polar surface area (TPSA) is 3.24 Å². The van der Waals surface area contributed by atoms with E-state index in [1.165, 1.54) is 87.8 Å². The minimum atomic E-state index is -0.104. The molecule has 0 spiro atoms. The Balaban J connectivity index is 1.28. The van der Waals surface area contributed by atoms with Crippen LogP contribution in [0.25, 0.3) is 65.3 Å². The van der Waals surface area contributed by atoms with Crippen LogP contribution in [0.1, 0.15) is 25.0 Å². The van der Waals surface area contributed by atoms with Crippen molar-refractivity contribution in [2.24, 2.45) is 0 Å². The first-order valence-corrected chi connectivity index (χ1v) is 17.5. The van der Waals surface area contributed by atoms with Crippen molar-refractivity contribution in [3.8, 4) is 22.3 Å². The van der Waals surface area contributed by atoms with Crippen molar-refractivity contribution < 1.29 is 0 Å². The lowest BCUT2D eigenvalue weighted by atomic mass is 9.82. The van der Waals surface area contributed by atoms with Crippen molar-refractivity contribution >= 4 is 60.2 Å². The van der Waals surface area contributed by atoms with E-state index in [9.17, 15) is 0 Å². The Morgan fingerprint density at radius 3 is 1.78 bits per heavy atom. The van der Waals surface area contributed by atoms with Crippen molar-refractivity contribution in [1.29, 1.82) is 0 Å². The van der Waals surface area contributed by atoms with E-state index in [0.717, 1.165) is 5.69 Å². The van der Waals surface area contributed by atoms with Gasteiger partial charge in [-0.15, -0.1) is 0 Å². The molecule has 0 aliphatic heterocycles. The second kappa shape index (κ2) is 10.9. The van der Waals surface area contributed by atoms with E-state index in [4.69, 9.17) is 0 Å². The van der Waals surface area contributed by atoms with E-state index in [-0.39, 0.29) is 5.41 Å². The second-order valence-electron chi connectivity index (χ2n) is 14.1. The number of hydrogen-bond donors (Lipinski definition) is 0. The molecule has 0 fully saturated rings. The Labute approximate surface area is 292 Å². The lowest BCUT2D eigenvalue weighted by Gasteiger charge is -2.30. The van der Waals surface area contributed by atoms with Gasteiger partial charge in [0.05, 0.1) is 11.4 Å². The summed E-state index contributed by atoms with van der Waals surface area (Å²) in [7, 11) is 0. The maximum atomic E-state index is 2.52. The normalized spacial score (nSPS) is 13.2. The van der Waals surface area contributed by atoms with Gasteiger partial charge >= 0.3 is 0 Å². The van der Waals surface area contributed by atoms with Gasteiger partial charge in [-0.1, -0.05) is 166 Å². The molecule has 9 aromatic carbocycles. The summed E-state index contributed by atoms with van der Waals surface area (Å²) < 4.78 is 0. The van der Waals surface area contributed by atoms with Crippen LogP contribution in [0, 0.1) is 0 Å². The summed E-state index contributed by atoms with van der Waals surface area (Å²) in [4.78, 5) is 2.52. The van der Waals surface area contributed by atoms with Gasteiger partial charge in [0.1, 0.15) is 0 Å². The molecule has 50 heavy (non-hydrogen) atoms. The van der Waals surface area contributed by atoms with Gasteiger partial charge in [0.2, 0.25) is 0 Å². The first-order chi connectivity index (χ1) is 24.6. The van der Waals surface area contributed by atoms with Crippen molar-refractivity contribution in [2.75, 3.05) is 4.90 Å². The average molecular weight is 638 g/mol. The highest BCUT2D eigenvalue weighted by molar-refractivity contribution is 6.21. The van der Waals surface area contributed by atoms with Crippen LogP contribution in [0.3, 0.4) is 0 Å². The fourth-order valence-corrected chi connectivity index (χ4v) is 8.62. The predicted molar refractivity (Wildman–Crippen MR) is 214 cm³/mol. The van der Waals surface area contributed by atoms with Crippen LogP contribution in [-0.2, 0) is 5.41 Å². The van der Waals surface area contributed by atoms with Crippen molar-refractivity contribution in [3.63, 3.8) is 0 Å². The Hall–Kier alpha value is -6.18. The summed E-state index contributed by atoms with van der Waals surface area (Å²) in [6, 6.07) is 65.0. The summed E-state index contributed by atoms with van der Waals surface area (Å²) >= 11 is 0. The molecule has 0 saturated heterocycles. The van der Waals surface area contributed by atoms with E-state index in [1.54, 1.807) is 0 Å². The molecule has 0 heterocycles. The van der Waals surface area contributed by atoms with Gasteiger partial charge in [-0.25, -0.2) is 0 Å². The van der Waals surface area contributed by atoms with Gasteiger partial charge in [-0.05, 0) is 89.8 Å². The molecule has 10 rings (SSSR count). The molecule has 0 saturated carbocycles. The third-order valence-corrected chi connectivity index (χ3v) is 11.0. The first kappa shape index (κ1) is 28.8. The van der Waals surface area contributed by atoms with Gasteiger partial charge in [-0.2, -0.15) is 0 Å². The van der Waals surface area contributed by atoms with Crippen LogP contribution in [0.5, 0.6) is 0 Å². The van der Waals surface area contributed by atoms with E-state index < -0.39 is 0 Å². The van der Waals surface area contributed by atoms with Crippen LogP contribution in [0.4, 0.5) is 17.1 Å². The second-order valence-corrected chi connectivity index (χ2v) is 14.1. The minimum absolute atomic E-state index is 0.104. The van der Waals surface area contributed by atoms with Gasteiger partial charge < -0.3 is 4.90 Å². The third-order valence-electron chi connectivity index (χ3n) is 11.0. The van der Waals surface area contributed by atoms with E-state index >= 15 is 0 Å². The number of benzene rings is 9. The van der Waals surface area contributed by atoms with Crippen LogP contribution < -0.4 is 4.90 Å². The van der Waals surface area contributed by atoms with E-state index in [0.29, 0.717) is 0 Å². The lowest BCUT2D eigenvalue weighted by molar-refractivity contribution is 0.660. The number of nitrogens with zero attached hydrogens (tertiary/aromatic N) is 1. The quantitative estimate of drug-likeness (QED) is 0.174. The number of rotatable bonds is 4. The fourth-order valence-electron chi connectivity index (χ4n) is 8.62. The maximum absolute atomic E-state index is 2.52. The van der Waals surface area contributed by atoms with Gasteiger partial charge in [0.15, 0.2) is 0 Å². The summed E-state index contributed by atoms with van der Waals surface area (Å²) in [5.74, 6) is 0. The van der Waals surface area contributed by atoms with Gasteiger partial charge in [-0.3, -0.25) is 0 Å². The molecule has 0 aromatic heterocycles. The molecule has 1 aliphatic carbocycles. The molecule has 9 aromatic rings. The van der Waals surface area contributed by atoms with E-state index in [2.05, 4.69) is 195 Å². The van der Waals surface area contributed by atoms with Crippen molar-refractivity contribution in [1.82, 2.24) is 0 Å². The Morgan fingerprint density at radius 1 is 0.380 bits per heavy atom. The molecule has 1 aliphatic rings. The first-order valence-electron chi connectivity index (χ1n) is 17.5. The minimum Gasteiger partial charge on any atom is -0.309 e. The molecule has 1 heteroatoms. The van der Waals surface area contributed by atoms with Crippen molar-refractivity contribution in [3.05, 3.63) is 187 Å². The third kappa shape index (κ3) is 4.20. The molecule has 0 unspecified atom stereocenters. The molecule has 0 amide bonds. The molecular weight excluding hydrogens is 603 g/mol. The van der Waals surface area contributed by atoms with Crippen LogP contribution in [0.2, 0.25) is 0 Å². The van der Waals surface area contributed by atoms with Crippen LogP contribution in [0.15, 0.2) is 176 Å². The Morgan fingerprint density at radius 2 is 0.960 bits per heavy atom. The summed E-state index contributed by atoms with van der Waals surface area (Å²) in [5, 5.41) is 10.1. The SMILES string of the molecule is CC1(C)c2ccccc2-c2c(N(c3ccc(-c4cccc5ccccc45)cc3)c3cc4c5ccccc5ccc4c4ccccc34)cccc21. The molecule has 1 nitrogen and oxygen atoms in total. The number of fused-ring (bicyclic) bond motifs is 9. The summed E-state index contributed by atoms with van der Waals surface area (Å²) in [5.41, 5.74) is 11.2. The monoisotopic (exact) mass is 637 g/mol. The van der Waals surface area contributed by atoms with Crippen molar-refractivity contribution in [2.45, 2.75) is 19.3 Å². The molecule has 0 atom stereocenters. The zero-order valence-corrected chi connectivity index (χ0v) is 28.2. The zero-order chi connectivity index (χ0) is 33.4. The predicted octanol–water partition coefficient (Wildman–Crippen LogP) is 13.7. The highest BCUT2D eigenvalue weighted by Gasteiger charge is 2.37. The Bertz CT molecular complexity index is 2780. The molecule has 0 radical (unpaired) electrons. The largest absolute Gasteiger partial charge is 0.309 e. The lowest BCUT2D eigenvalue weighted by Crippen LogP contribution is -2.16. The average Bonchev–Trinajstić information content (AvgIpc) is 3.41. The molecule has 0 bridgehead atoms. The number of hydrogen-bond acceptors (Lipinski definition) is 1. The van der Waals surface area contributed by atoms with Gasteiger partial charge in [0.25, 0.3) is 0 Å². The van der Waals surface area contributed by atoms with Crippen LogP contribution in [-0.4, -0.2) is 0 Å². The number of anilines is 3. The smallest absolute Gasteiger partial charge is 0.0546 e. The summed E-state index contributed by atoms with van der Waals surface area (Å²) in [6.45, 7) is 4.73. The maximum Gasteiger partial charge on any atom is 0.0546 e. The van der Waals surface area contributed by atoms with E-state index in [1.807, 2.05) is 0 Å². The highest BCUT2D eigenvalue weighted by Crippen LogP contribution is 2.55. The highest BCUT2D eigenvalue weighted by atomic mass is 15.1. The van der Waals surface area contributed by atoms with Gasteiger partial charge in [0, 0.05) is 22.1 Å². The molecule has 0 N–H and O–H groups in total.